The van der Waals surface area contributed by atoms with E-state index in [0.717, 1.165) is 6.07 Å². The van der Waals surface area contributed by atoms with Crippen molar-refractivity contribution in [1.82, 2.24) is 0 Å². The monoisotopic (exact) mass is 206 g/mol. The van der Waals surface area contributed by atoms with Gasteiger partial charge in [0.25, 0.3) is 0 Å². The molecular weight excluding hydrogens is 200 g/mol. The van der Waals surface area contributed by atoms with E-state index < -0.39 is 5.63 Å². The summed E-state index contributed by atoms with van der Waals surface area (Å²) in [6.45, 7) is 0.136. The quantitative estimate of drug-likeness (QED) is 0.656. The average molecular weight is 206 g/mol. The molecule has 1 aliphatic heterocycles. The molecule has 0 atom stereocenters. The van der Waals surface area contributed by atoms with Gasteiger partial charge in [0, 0.05) is 6.07 Å². The van der Waals surface area contributed by atoms with E-state index in [1.807, 2.05) is 0 Å². The molecule has 0 bridgehead atoms. The maximum Gasteiger partial charge on any atom is 0.339 e. The molecule has 0 saturated heterocycles. The van der Waals surface area contributed by atoms with E-state index in [-0.39, 0.29) is 18.1 Å². The van der Waals surface area contributed by atoms with Crippen molar-refractivity contribution >= 4 is 11.0 Å². The van der Waals surface area contributed by atoms with Crippen molar-refractivity contribution in [2.45, 2.75) is 0 Å². The van der Waals surface area contributed by atoms with Gasteiger partial charge in [-0.3, -0.25) is 0 Å². The lowest BCUT2D eigenvalue weighted by Gasteiger charge is -2.00. The molecule has 0 amide bonds. The maximum atomic E-state index is 11.0. The zero-order chi connectivity index (χ0) is 10.4. The van der Waals surface area contributed by atoms with Crippen LogP contribution >= 0.6 is 0 Å². The summed E-state index contributed by atoms with van der Waals surface area (Å²) in [5.74, 6) is 0.919. The van der Waals surface area contributed by atoms with Gasteiger partial charge in [0.1, 0.15) is 11.3 Å². The number of rotatable bonds is 0. The van der Waals surface area contributed by atoms with Crippen LogP contribution in [0.2, 0.25) is 0 Å². The van der Waals surface area contributed by atoms with Gasteiger partial charge in [-0.1, -0.05) is 0 Å². The summed E-state index contributed by atoms with van der Waals surface area (Å²) < 4.78 is 15.2. The van der Waals surface area contributed by atoms with E-state index in [1.54, 1.807) is 6.07 Å². The van der Waals surface area contributed by atoms with E-state index in [4.69, 9.17) is 13.9 Å². The van der Waals surface area contributed by atoms with Gasteiger partial charge in [-0.25, -0.2) is 4.79 Å². The van der Waals surface area contributed by atoms with Gasteiger partial charge < -0.3 is 19.0 Å². The van der Waals surface area contributed by atoms with E-state index in [1.165, 1.54) is 6.07 Å². The predicted molar refractivity (Wildman–Crippen MR) is 50.3 cm³/mol. The summed E-state index contributed by atoms with van der Waals surface area (Å²) in [6, 6.07) is 4.12. The van der Waals surface area contributed by atoms with Crippen LogP contribution in [0.25, 0.3) is 11.0 Å². The molecule has 5 nitrogen and oxygen atoms in total. The highest BCUT2D eigenvalue weighted by atomic mass is 16.7. The zero-order valence-electron chi connectivity index (χ0n) is 7.52. The van der Waals surface area contributed by atoms with Crippen LogP contribution in [0.3, 0.4) is 0 Å². The summed E-state index contributed by atoms with van der Waals surface area (Å²) in [7, 11) is 0. The lowest BCUT2D eigenvalue weighted by Crippen LogP contribution is -1.95. The molecular formula is C10H6O5. The molecule has 2 heterocycles. The largest absolute Gasteiger partial charge is 0.507 e. The first-order chi connectivity index (χ1) is 7.24. The molecule has 3 rings (SSSR count). The predicted octanol–water partition coefficient (Wildman–Crippen LogP) is 1.23. The Morgan fingerprint density at radius 3 is 2.67 bits per heavy atom. The Morgan fingerprint density at radius 2 is 1.87 bits per heavy atom. The zero-order valence-corrected chi connectivity index (χ0v) is 7.52. The molecule has 0 saturated carbocycles. The number of benzene rings is 1. The van der Waals surface area contributed by atoms with Gasteiger partial charge in [0.15, 0.2) is 11.5 Å². The molecule has 1 aromatic heterocycles. The van der Waals surface area contributed by atoms with Crippen LogP contribution in [-0.2, 0) is 0 Å². The number of hydrogen-bond acceptors (Lipinski definition) is 5. The number of fused-ring (bicyclic) bond motifs is 2. The van der Waals surface area contributed by atoms with Crippen molar-refractivity contribution in [3.63, 3.8) is 0 Å². The molecule has 1 aromatic carbocycles. The fourth-order valence-corrected chi connectivity index (χ4v) is 1.54. The van der Waals surface area contributed by atoms with Gasteiger partial charge in [0.2, 0.25) is 6.79 Å². The normalized spacial score (nSPS) is 13.3. The highest BCUT2D eigenvalue weighted by Gasteiger charge is 2.16. The summed E-state index contributed by atoms with van der Waals surface area (Å²) >= 11 is 0. The van der Waals surface area contributed by atoms with Crippen LogP contribution in [0.1, 0.15) is 0 Å². The van der Waals surface area contributed by atoms with Crippen molar-refractivity contribution < 1.29 is 19.0 Å². The third-order valence-corrected chi connectivity index (χ3v) is 2.22. The molecule has 15 heavy (non-hydrogen) atoms. The minimum Gasteiger partial charge on any atom is -0.507 e. The van der Waals surface area contributed by atoms with Crippen LogP contribution in [0.5, 0.6) is 17.2 Å². The molecule has 0 spiro atoms. The van der Waals surface area contributed by atoms with Crippen molar-refractivity contribution in [3.05, 3.63) is 28.6 Å². The molecule has 2 aromatic rings. The first-order valence-electron chi connectivity index (χ1n) is 4.30. The van der Waals surface area contributed by atoms with Gasteiger partial charge >= 0.3 is 5.63 Å². The van der Waals surface area contributed by atoms with E-state index in [9.17, 15) is 9.90 Å². The fraction of sp³-hybridized carbons (Fsp3) is 0.100. The summed E-state index contributed by atoms with van der Waals surface area (Å²) in [5, 5.41) is 9.96. The van der Waals surface area contributed by atoms with Crippen LogP contribution in [0, 0.1) is 0 Å². The fourth-order valence-electron chi connectivity index (χ4n) is 1.54. The van der Waals surface area contributed by atoms with Crippen LogP contribution in [0.4, 0.5) is 0 Å². The topological polar surface area (TPSA) is 68.9 Å². The summed E-state index contributed by atoms with van der Waals surface area (Å²) in [4.78, 5) is 11.0. The SMILES string of the molecule is O=c1cc(O)c2cc3c(cc2o1)OCO3. The summed E-state index contributed by atoms with van der Waals surface area (Å²) in [5.41, 5.74) is -0.317. The van der Waals surface area contributed by atoms with Crippen LogP contribution in [0.15, 0.2) is 27.4 Å². The smallest absolute Gasteiger partial charge is 0.339 e. The number of ether oxygens (including phenoxy) is 2. The highest BCUT2D eigenvalue weighted by molar-refractivity contribution is 5.86. The third-order valence-electron chi connectivity index (χ3n) is 2.22. The van der Waals surface area contributed by atoms with Crippen molar-refractivity contribution in [2.75, 3.05) is 6.79 Å². The second-order valence-corrected chi connectivity index (χ2v) is 3.15. The third kappa shape index (κ3) is 1.13. The van der Waals surface area contributed by atoms with E-state index >= 15 is 0 Å². The Labute approximate surface area is 83.5 Å². The van der Waals surface area contributed by atoms with Crippen LogP contribution in [-0.4, -0.2) is 11.9 Å². The highest BCUT2D eigenvalue weighted by Crippen LogP contribution is 2.37. The van der Waals surface area contributed by atoms with Crippen molar-refractivity contribution in [1.29, 1.82) is 0 Å². The van der Waals surface area contributed by atoms with Gasteiger partial charge in [-0.05, 0) is 6.07 Å². The molecule has 0 aliphatic carbocycles. The molecule has 5 heteroatoms. The second kappa shape index (κ2) is 2.66. The van der Waals surface area contributed by atoms with Gasteiger partial charge in [-0.15, -0.1) is 0 Å². The maximum absolute atomic E-state index is 11.0. The van der Waals surface area contributed by atoms with Crippen LogP contribution < -0.4 is 15.1 Å². The Hall–Kier alpha value is -2.17. The minimum atomic E-state index is -0.598. The van der Waals surface area contributed by atoms with E-state index in [0.29, 0.717) is 16.9 Å². The average Bonchev–Trinajstić information content (AvgIpc) is 2.61. The Morgan fingerprint density at radius 1 is 1.13 bits per heavy atom. The standard InChI is InChI=1S/C10H6O5/c11-6-2-10(12)15-7-3-9-8(1-5(6)7)13-4-14-9/h1-3,11H,4H2. The second-order valence-electron chi connectivity index (χ2n) is 3.15. The molecule has 0 fully saturated rings. The lowest BCUT2D eigenvalue weighted by atomic mass is 10.2. The molecule has 1 aliphatic rings. The minimum absolute atomic E-state index is 0.125. The Kier molecular flexibility index (Phi) is 1.45. The Balaban J connectivity index is 2.43. The Bertz CT molecular complexity index is 599. The lowest BCUT2D eigenvalue weighted by molar-refractivity contribution is 0.174. The van der Waals surface area contributed by atoms with Crippen molar-refractivity contribution in [3.8, 4) is 17.2 Å². The van der Waals surface area contributed by atoms with Gasteiger partial charge in [0.05, 0.1) is 11.5 Å². The first kappa shape index (κ1) is 8.16. The van der Waals surface area contributed by atoms with E-state index in [2.05, 4.69) is 0 Å². The molecule has 0 radical (unpaired) electrons. The first-order valence-corrected chi connectivity index (χ1v) is 4.30. The molecule has 0 unspecified atom stereocenters. The van der Waals surface area contributed by atoms with Gasteiger partial charge in [-0.2, -0.15) is 0 Å². The molecule has 1 N–H and O–H groups in total. The molecule has 76 valence electrons. The van der Waals surface area contributed by atoms with Crippen molar-refractivity contribution in [2.24, 2.45) is 0 Å². The number of hydrogen-bond donors (Lipinski definition) is 1. The number of aromatic hydroxyl groups is 1. The summed E-state index contributed by atoms with van der Waals surface area (Å²) in [6.07, 6.45) is 0.